The molecule has 0 spiro atoms. The summed E-state index contributed by atoms with van der Waals surface area (Å²) in [5.41, 5.74) is 2.18. The van der Waals surface area contributed by atoms with Gasteiger partial charge in [0.15, 0.2) is 0 Å². The molecular weight excluding hydrogens is 408 g/mol. The maximum atomic E-state index is 12.4. The Morgan fingerprint density at radius 2 is 1.70 bits per heavy atom. The van der Waals surface area contributed by atoms with Gasteiger partial charge in [-0.15, -0.1) is 0 Å². The highest BCUT2D eigenvalue weighted by atomic mass is 16.1. The van der Waals surface area contributed by atoms with E-state index in [0.717, 1.165) is 30.6 Å². The van der Waals surface area contributed by atoms with Gasteiger partial charge in [0.1, 0.15) is 0 Å². The summed E-state index contributed by atoms with van der Waals surface area (Å²) in [4.78, 5) is 17.6. The van der Waals surface area contributed by atoms with Gasteiger partial charge in [0.05, 0.1) is 0 Å². The quantitative estimate of drug-likeness (QED) is 0.543. The second-order valence-electron chi connectivity index (χ2n) is 11.3. The first kappa shape index (κ1) is 24.5. The number of anilines is 2. The molecule has 2 N–H and O–H groups in total. The lowest BCUT2D eigenvalue weighted by molar-refractivity contribution is -0.117. The van der Waals surface area contributed by atoms with E-state index in [4.69, 9.17) is 0 Å². The van der Waals surface area contributed by atoms with E-state index < -0.39 is 0 Å². The van der Waals surface area contributed by atoms with Crippen LogP contribution in [0, 0.1) is 17.8 Å². The predicted molar refractivity (Wildman–Crippen MR) is 139 cm³/mol. The van der Waals surface area contributed by atoms with E-state index in [-0.39, 0.29) is 5.91 Å². The lowest BCUT2D eigenvalue weighted by atomic mass is 9.95. The molecule has 0 unspecified atom stereocenters. The highest BCUT2D eigenvalue weighted by molar-refractivity contribution is 5.91. The number of carbonyl (C=O) groups is 1. The van der Waals surface area contributed by atoms with Gasteiger partial charge in [0.2, 0.25) is 5.91 Å². The predicted octanol–water partition coefficient (Wildman–Crippen LogP) is 5.13. The molecule has 2 saturated heterocycles. The fourth-order valence-electron chi connectivity index (χ4n) is 6.03. The largest absolute Gasteiger partial charge is 0.371 e. The lowest BCUT2D eigenvalue weighted by Crippen LogP contribution is -2.45. The molecule has 5 heteroatoms. The fourth-order valence-corrected chi connectivity index (χ4v) is 6.03. The third-order valence-corrected chi connectivity index (χ3v) is 7.96. The van der Waals surface area contributed by atoms with Gasteiger partial charge in [0.25, 0.3) is 0 Å². The summed E-state index contributed by atoms with van der Waals surface area (Å²) in [7, 11) is 0. The average Bonchev–Trinajstić information content (AvgIpc) is 3.32. The normalized spacial score (nSPS) is 21.7. The molecule has 2 heterocycles. The molecule has 1 aromatic carbocycles. The molecule has 1 aromatic rings. The van der Waals surface area contributed by atoms with Gasteiger partial charge in [0, 0.05) is 43.5 Å². The van der Waals surface area contributed by atoms with Gasteiger partial charge in [-0.25, -0.2) is 0 Å². The SMILES string of the molecule is CC(C)CN1CCC(CNC2CCN(c3cccc(NC(=O)CC4CCCC4)c3)CC2)CC1. The van der Waals surface area contributed by atoms with Crippen LogP contribution in [-0.2, 0) is 4.79 Å². The zero-order valence-corrected chi connectivity index (χ0v) is 21.0. The number of carbonyl (C=O) groups excluding carboxylic acids is 1. The third kappa shape index (κ3) is 7.71. The van der Waals surface area contributed by atoms with Crippen molar-refractivity contribution in [1.29, 1.82) is 0 Å². The van der Waals surface area contributed by atoms with Crippen LogP contribution >= 0.6 is 0 Å². The fraction of sp³-hybridized carbons (Fsp3) is 0.750. The van der Waals surface area contributed by atoms with Gasteiger partial charge < -0.3 is 20.4 Å². The smallest absolute Gasteiger partial charge is 0.224 e. The summed E-state index contributed by atoms with van der Waals surface area (Å²) in [6.45, 7) is 11.8. The van der Waals surface area contributed by atoms with Crippen LogP contribution in [0.15, 0.2) is 24.3 Å². The summed E-state index contributed by atoms with van der Waals surface area (Å²) in [5, 5.41) is 7.03. The molecule has 5 nitrogen and oxygen atoms in total. The van der Waals surface area contributed by atoms with E-state index in [0.29, 0.717) is 18.4 Å². The van der Waals surface area contributed by atoms with E-state index >= 15 is 0 Å². The van der Waals surface area contributed by atoms with Gasteiger partial charge in [-0.3, -0.25) is 4.79 Å². The molecule has 3 aliphatic rings. The van der Waals surface area contributed by atoms with Crippen LogP contribution in [0.3, 0.4) is 0 Å². The number of nitrogens with one attached hydrogen (secondary N) is 2. The Hall–Kier alpha value is -1.59. The number of likely N-dealkylation sites (tertiary alicyclic amines) is 1. The molecule has 1 saturated carbocycles. The van der Waals surface area contributed by atoms with Crippen LogP contribution in [0.2, 0.25) is 0 Å². The summed E-state index contributed by atoms with van der Waals surface area (Å²) in [5.74, 6) is 2.39. The first-order valence-electron chi connectivity index (χ1n) is 13.7. The summed E-state index contributed by atoms with van der Waals surface area (Å²) < 4.78 is 0. The van der Waals surface area contributed by atoms with Gasteiger partial charge >= 0.3 is 0 Å². The molecule has 3 fully saturated rings. The lowest BCUT2D eigenvalue weighted by Gasteiger charge is -2.36. The number of piperidine rings is 2. The standard InChI is InChI=1S/C28H46N4O/c1-22(2)21-31-14-10-24(11-15-31)20-29-25-12-16-32(17-13-25)27-9-5-8-26(19-27)30-28(33)18-23-6-3-4-7-23/h5,8-9,19,22-25,29H,3-4,6-7,10-18,20-21H2,1-2H3,(H,30,33). The maximum absolute atomic E-state index is 12.4. The second kappa shape index (κ2) is 12.2. The van der Waals surface area contributed by atoms with Crippen molar-refractivity contribution in [2.45, 2.75) is 77.7 Å². The molecule has 0 bridgehead atoms. The van der Waals surface area contributed by atoms with Crippen LogP contribution in [0.1, 0.15) is 71.6 Å². The number of hydrogen-bond acceptors (Lipinski definition) is 4. The molecule has 33 heavy (non-hydrogen) atoms. The van der Waals surface area contributed by atoms with Gasteiger partial charge in [-0.05, 0) is 94.1 Å². The van der Waals surface area contributed by atoms with E-state index in [1.54, 1.807) is 0 Å². The highest BCUT2D eigenvalue weighted by Gasteiger charge is 2.23. The summed E-state index contributed by atoms with van der Waals surface area (Å²) in [6.07, 6.45) is 10.8. The van der Waals surface area contributed by atoms with Crippen LogP contribution in [-0.4, -0.2) is 56.1 Å². The Bertz CT molecular complexity index is 729. The Balaban J connectivity index is 1.16. The van der Waals surface area contributed by atoms with Crippen LogP contribution in [0.5, 0.6) is 0 Å². The molecule has 0 radical (unpaired) electrons. The van der Waals surface area contributed by atoms with Crippen molar-refractivity contribution in [2.24, 2.45) is 17.8 Å². The Morgan fingerprint density at radius 3 is 2.39 bits per heavy atom. The Labute approximate surface area is 201 Å². The second-order valence-corrected chi connectivity index (χ2v) is 11.3. The molecule has 0 aromatic heterocycles. The zero-order chi connectivity index (χ0) is 23.0. The number of amides is 1. The van der Waals surface area contributed by atoms with E-state index in [1.807, 2.05) is 6.07 Å². The van der Waals surface area contributed by atoms with E-state index in [2.05, 4.69) is 52.5 Å². The summed E-state index contributed by atoms with van der Waals surface area (Å²) in [6, 6.07) is 9.09. The first-order valence-corrected chi connectivity index (χ1v) is 13.7. The molecule has 4 rings (SSSR count). The molecule has 1 amide bonds. The maximum Gasteiger partial charge on any atom is 0.224 e. The molecule has 1 aliphatic carbocycles. The topological polar surface area (TPSA) is 47.6 Å². The van der Waals surface area contributed by atoms with E-state index in [9.17, 15) is 4.79 Å². The van der Waals surface area contributed by atoms with Crippen molar-refractivity contribution in [3.63, 3.8) is 0 Å². The first-order chi connectivity index (χ1) is 16.0. The van der Waals surface area contributed by atoms with E-state index in [1.165, 1.54) is 83.2 Å². The van der Waals surface area contributed by atoms with Crippen molar-refractivity contribution in [2.75, 3.05) is 49.5 Å². The van der Waals surface area contributed by atoms with Crippen molar-refractivity contribution in [3.8, 4) is 0 Å². The van der Waals surface area contributed by atoms with Crippen LogP contribution in [0.4, 0.5) is 11.4 Å². The number of hydrogen-bond donors (Lipinski definition) is 2. The van der Waals surface area contributed by atoms with Crippen molar-refractivity contribution in [1.82, 2.24) is 10.2 Å². The number of benzene rings is 1. The monoisotopic (exact) mass is 454 g/mol. The molecule has 0 atom stereocenters. The van der Waals surface area contributed by atoms with Crippen molar-refractivity contribution >= 4 is 17.3 Å². The van der Waals surface area contributed by atoms with Crippen LogP contribution in [0.25, 0.3) is 0 Å². The zero-order valence-electron chi connectivity index (χ0n) is 21.0. The number of nitrogens with zero attached hydrogens (tertiary/aromatic N) is 2. The Kier molecular flexibility index (Phi) is 9.08. The van der Waals surface area contributed by atoms with Crippen molar-refractivity contribution in [3.05, 3.63) is 24.3 Å². The minimum absolute atomic E-state index is 0.178. The minimum atomic E-state index is 0.178. The molecular formula is C28H46N4O. The number of rotatable bonds is 9. The molecule has 2 aliphatic heterocycles. The van der Waals surface area contributed by atoms with Gasteiger partial charge in [-0.1, -0.05) is 32.8 Å². The highest BCUT2D eigenvalue weighted by Crippen LogP contribution is 2.28. The average molecular weight is 455 g/mol. The Morgan fingerprint density at radius 1 is 0.970 bits per heavy atom. The van der Waals surface area contributed by atoms with Crippen LogP contribution < -0.4 is 15.5 Å². The summed E-state index contributed by atoms with van der Waals surface area (Å²) >= 11 is 0. The minimum Gasteiger partial charge on any atom is -0.371 e. The van der Waals surface area contributed by atoms with Crippen molar-refractivity contribution < 1.29 is 4.79 Å². The molecule has 184 valence electrons. The third-order valence-electron chi connectivity index (χ3n) is 7.96. The van der Waals surface area contributed by atoms with Gasteiger partial charge in [-0.2, -0.15) is 0 Å².